The molecular weight excluding hydrogens is 376 g/mol. The summed E-state index contributed by atoms with van der Waals surface area (Å²) in [5, 5.41) is 7.43. The van der Waals surface area contributed by atoms with E-state index in [-0.39, 0.29) is 18.3 Å². The smallest absolute Gasteiger partial charge is 0.270 e. The van der Waals surface area contributed by atoms with Crippen molar-refractivity contribution in [1.29, 1.82) is 5.41 Å². The Hall–Kier alpha value is -2.57. The number of methoxy groups -OCH3 is 1. The molecule has 1 aliphatic heterocycles. The Bertz CT molecular complexity index is 817. The highest BCUT2D eigenvalue weighted by molar-refractivity contribution is 6.21. The molecule has 0 saturated carbocycles. The second-order valence-corrected chi connectivity index (χ2v) is 7.28. The number of carbonyl (C=O) groups is 1. The molecule has 0 aliphatic carbocycles. The van der Waals surface area contributed by atoms with Gasteiger partial charge >= 0.3 is 0 Å². The van der Waals surface area contributed by atoms with Gasteiger partial charge in [0.1, 0.15) is 5.84 Å². The molecule has 148 valence electrons. The molecule has 3 rings (SSSR count). The molecule has 28 heavy (non-hydrogen) atoms. The topological polar surface area (TPSA) is 82.6 Å². The minimum absolute atomic E-state index is 0.00202. The van der Waals surface area contributed by atoms with Crippen molar-refractivity contribution in [3.63, 3.8) is 0 Å². The van der Waals surface area contributed by atoms with Crippen LogP contribution in [0.25, 0.3) is 0 Å². The van der Waals surface area contributed by atoms with Crippen LogP contribution in [-0.2, 0) is 16.1 Å². The average Bonchev–Trinajstić information content (AvgIpc) is 3.24. The van der Waals surface area contributed by atoms with Crippen LogP contribution in [0, 0.1) is 5.41 Å². The van der Waals surface area contributed by atoms with Gasteiger partial charge in [-0.25, -0.2) is 4.42 Å². The van der Waals surface area contributed by atoms with Gasteiger partial charge in [-0.15, -0.1) is 0 Å². The van der Waals surface area contributed by atoms with Crippen molar-refractivity contribution in [3.8, 4) is 0 Å². The first kappa shape index (κ1) is 20.2. The summed E-state index contributed by atoms with van der Waals surface area (Å²) in [4.78, 5) is 15.1. The summed E-state index contributed by atoms with van der Waals surface area (Å²) in [5.74, 6) is -0.323. The third-order valence-corrected chi connectivity index (χ3v) is 5.24. The number of hydrogen-bond donors (Lipinski definition) is 2. The predicted octanol–water partition coefficient (Wildman–Crippen LogP) is 3.44. The van der Waals surface area contributed by atoms with Gasteiger partial charge in [-0.2, -0.15) is 0 Å². The molecule has 1 heterocycles. The van der Waals surface area contributed by atoms with Gasteiger partial charge in [-0.05, 0) is 36.1 Å². The Morgan fingerprint density at radius 1 is 1.18 bits per heavy atom. The normalized spacial score (nSPS) is 14.7. The minimum atomic E-state index is -0.762. The SMILES string of the molecule is COC(C(=O)N(Cl)Cc1ccc(C(=N)N)cc1)c1ccc(N2CCCC2)cc1. The molecule has 0 spiro atoms. The number of hydrogen-bond acceptors (Lipinski definition) is 4. The molecule has 3 N–H and O–H groups in total. The molecule has 1 unspecified atom stereocenters. The van der Waals surface area contributed by atoms with Crippen molar-refractivity contribution in [1.82, 2.24) is 4.42 Å². The van der Waals surface area contributed by atoms with Gasteiger partial charge in [0.05, 0.1) is 6.54 Å². The van der Waals surface area contributed by atoms with Crippen LogP contribution >= 0.6 is 11.8 Å². The lowest BCUT2D eigenvalue weighted by Crippen LogP contribution is -2.28. The molecule has 0 radical (unpaired) electrons. The van der Waals surface area contributed by atoms with Gasteiger partial charge in [0.15, 0.2) is 6.10 Å². The van der Waals surface area contributed by atoms with E-state index in [1.807, 2.05) is 24.3 Å². The van der Waals surface area contributed by atoms with Crippen molar-refractivity contribution < 1.29 is 9.53 Å². The number of ether oxygens (including phenoxy) is 1. The van der Waals surface area contributed by atoms with Crippen LogP contribution < -0.4 is 10.6 Å². The standard InChI is InChI=1S/C21H25ClN4O2/c1-28-19(16-8-10-18(11-9-16)25-12-2-3-13-25)21(27)26(22)14-15-4-6-17(7-5-15)20(23)24/h4-11,19H,2-3,12-14H2,1H3,(H3,23,24). The Kier molecular flexibility index (Phi) is 6.54. The average molecular weight is 401 g/mol. The largest absolute Gasteiger partial charge is 0.384 e. The van der Waals surface area contributed by atoms with Crippen LogP contribution in [0.4, 0.5) is 5.69 Å². The first-order valence-electron chi connectivity index (χ1n) is 9.28. The van der Waals surface area contributed by atoms with E-state index in [4.69, 9.17) is 27.7 Å². The molecule has 1 fully saturated rings. The summed E-state index contributed by atoms with van der Waals surface area (Å²) in [7, 11) is 1.50. The lowest BCUT2D eigenvalue weighted by Gasteiger charge is -2.22. The molecule has 7 heteroatoms. The number of carbonyl (C=O) groups excluding carboxylic acids is 1. The highest BCUT2D eigenvalue weighted by Crippen LogP contribution is 2.26. The molecule has 0 aromatic heterocycles. The number of nitrogens with one attached hydrogen (secondary N) is 1. The van der Waals surface area contributed by atoms with E-state index >= 15 is 0 Å². The van der Waals surface area contributed by atoms with Gasteiger partial charge in [0.25, 0.3) is 5.91 Å². The first-order chi connectivity index (χ1) is 13.5. The Morgan fingerprint density at radius 3 is 2.32 bits per heavy atom. The van der Waals surface area contributed by atoms with Crippen LogP contribution in [0.3, 0.4) is 0 Å². The quantitative estimate of drug-likeness (QED) is 0.423. The number of amidine groups is 1. The molecule has 2 aromatic rings. The summed E-state index contributed by atoms with van der Waals surface area (Å²) in [6.45, 7) is 2.37. The number of rotatable bonds is 7. The summed E-state index contributed by atoms with van der Waals surface area (Å²) in [5.41, 5.74) is 8.86. The lowest BCUT2D eigenvalue weighted by atomic mass is 10.1. The van der Waals surface area contributed by atoms with Crippen molar-refractivity contribution in [3.05, 3.63) is 65.2 Å². The number of nitrogens with two attached hydrogens (primary N) is 1. The molecular formula is C21H25ClN4O2. The van der Waals surface area contributed by atoms with Crippen molar-refractivity contribution in [2.75, 3.05) is 25.1 Å². The third kappa shape index (κ3) is 4.64. The second-order valence-electron chi connectivity index (χ2n) is 6.87. The van der Waals surface area contributed by atoms with Crippen LogP contribution in [0.5, 0.6) is 0 Å². The Balaban J connectivity index is 1.67. The summed E-state index contributed by atoms with van der Waals surface area (Å²) < 4.78 is 6.57. The molecule has 1 atom stereocenters. The number of nitrogen functional groups attached to an aromatic ring is 1. The zero-order valence-corrected chi connectivity index (χ0v) is 16.7. The first-order valence-corrected chi connectivity index (χ1v) is 9.61. The molecule has 6 nitrogen and oxygen atoms in total. The predicted molar refractivity (Wildman–Crippen MR) is 112 cm³/mol. The van der Waals surface area contributed by atoms with Gasteiger partial charge < -0.3 is 15.4 Å². The third-order valence-electron chi connectivity index (χ3n) is 4.95. The number of halogens is 1. The van der Waals surface area contributed by atoms with Crippen molar-refractivity contribution >= 4 is 29.2 Å². The number of nitrogens with zero attached hydrogens (tertiary/aromatic N) is 2. The number of benzene rings is 2. The monoisotopic (exact) mass is 400 g/mol. The summed E-state index contributed by atoms with van der Waals surface area (Å²) in [6.07, 6.45) is 1.67. The maximum Gasteiger partial charge on any atom is 0.270 e. The van der Waals surface area contributed by atoms with Crippen LogP contribution in [0.2, 0.25) is 0 Å². The maximum atomic E-state index is 12.8. The Morgan fingerprint density at radius 2 is 1.79 bits per heavy atom. The van der Waals surface area contributed by atoms with Crippen molar-refractivity contribution in [2.24, 2.45) is 5.73 Å². The fourth-order valence-electron chi connectivity index (χ4n) is 3.37. The summed E-state index contributed by atoms with van der Waals surface area (Å²) >= 11 is 6.26. The highest BCUT2D eigenvalue weighted by atomic mass is 35.5. The zero-order chi connectivity index (χ0) is 20.1. The van der Waals surface area contributed by atoms with Gasteiger partial charge in [-0.1, -0.05) is 36.4 Å². The van der Waals surface area contributed by atoms with Crippen LogP contribution in [-0.4, -0.2) is 36.4 Å². The molecule has 1 aliphatic rings. The molecule has 0 bridgehead atoms. The van der Waals surface area contributed by atoms with E-state index in [0.717, 1.165) is 34.3 Å². The zero-order valence-electron chi connectivity index (χ0n) is 15.9. The van der Waals surface area contributed by atoms with Crippen molar-refractivity contribution in [2.45, 2.75) is 25.5 Å². The maximum absolute atomic E-state index is 12.8. The van der Waals surface area contributed by atoms with Gasteiger partial charge in [-0.3, -0.25) is 10.2 Å². The number of anilines is 1. The van der Waals surface area contributed by atoms with Gasteiger partial charge in [0.2, 0.25) is 0 Å². The van der Waals surface area contributed by atoms with E-state index < -0.39 is 6.10 Å². The van der Waals surface area contributed by atoms with Crippen LogP contribution in [0.15, 0.2) is 48.5 Å². The fraction of sp³-hybridized carbons (Fsp3) is 0.333. The molecule has 1 amide bonds. The number of amides is 1. The fourth-order valence-corrected chi connectivity index (χ4v) is 3.60. The molecule has 1 saturated heterocycles. The minimum Gasteiger partial charge on any atom is -0.384 e. The summed E-state index contributed by atoms with van der Waals surface area (Å²) in [6, 6.07) is 15.0. The lowest BCUT2D eigenvalue weighted by molar-refractivity contribution is -0.137. The van der Waals surface area contributed by atoms with Crippen LogP contribution in [0.1, 0.15) is 35.6 Å². The van der Waals surface area contributed by atoms with Gasteiger partial charge in [0, 0.05) is 43.2 Å². The van der Waals surface area contributed by atoms with E-state index in [2.05, 4.69) is 4.90 Å². The Labute approximate surface area is 170 Å². The van der Waals surface area contributed by atoms with E-state index in [1.165, 1.54) is 20.0 Å². The van der Waals surface area contributed by atoms with E-state index in [9.17, 15) is 4.79 Å². The van der Waals surface area contributed by atoms with E-state index in [1.54, 1.807) is 24.3 Å². The highest BCUT2D eigenvalue weighted by Gasteiger charge is 2.25. The molecule has 2 aromatic carbocycles. The second kappa shape index (κ2) is 9.08. The van der Waals surface area contributed by atoms with E-state index in [0.29, 0.717) is 5.56 Å².